The van der Waals surface area contributed by atoms with Gasteiger partial charge in [-0.1, -0.05) is 42.5 Å². The molecule has 0 aliphatic rings. The van der Waals surface area contributed by atoms with E-state index in [-0.39, 0.29) is 5.91 Å². The van der Waals surface area contributed by atoms with Gasteiger partial charge in [0, 0.05) is 11.3 Å². The van der Waals surface area contributed by atoms with Crippen LogP contribution in [0.1, 0.15) is 21.7 Å². The van der Waals surface area contributed by atoms with Crippen LogP contribution in [0.3, 0.4) is 0 Å². The summed E-state index contributed by atoms with van der Waals surface area (Å²) in [5, 5.41) is 2.93. The van der Waals surface area contributed by atoms with E-state index in [2.05, 4.69) is 5.32 Å². The molecule has 1 aromatic heterocycles. The number of nitrogens with one attached hydrogen (secondary N) is 1. The summed E-state index contributed by atoms with van der Waals surface area (Å²) >= 11 is 0. The van der Waals surface area contributed by atoms with Crippen LogP contribution in [0, 0.1) is 13.8 Å². The van der Waals surface area contributed by atoms with Crippen LogP contribution >= 0.6 is 0 Å². The molecule has 0 saturated heterocycles. The number of aryl methyl sites for hydroxylation is 1. The topological polar surface area (TPSA) is 42.2 Å². The van der Waals surface area contributed by atoms with Crippen LogP contribution in [0.4, 0.5) is 5.69 Å². The Kier molecular flexibility index (Phi) is 3.79. The lowest BCUT2D eigenvalue weighted by Crippen LogP contribution is -2.13. The second kappa shape index (κ2) is 5.90. The van der Waals surface area contributed by atoms with Crippen LogP contribution in [0.2, 0.25) is 0 Å². The fourth-order valence-electron chi connectivity index (χ4n) is 2.40. The number of anilines is 1. The van der Waals surface area contributed by atoms with Crippen molar-refractivity contribution in [3.05, 3.63) is 77.7 Å². The predicted octanol–water partition coefficient (Wildman–Crippen LogP) is 4.82. The van der Waals surface area contributed by atoms with E-state index in [1.807, 2.05) is 68.4 Å². The molecule has 1 N–H and O–H groups in total. The summed E-state index contributed by atoms with van der Waals surface area (Å²) < 4.78 is 5.41. The molecule has 0 atom stereocenters. The minimum absolute atomic E-state index is 0.238. The Labute approximate surface area is 129 Å². The molecule has 0 saturated carbocycles. The molecule has 0 aliphatic heterocycles. The van der Waals surface area contributed by atoms with Crippen LogP contribution < -0.4 is 5.32 Å². The predicted molar refractivity (Wildman–Crippen MR) is 88.0 cm³/mol. The van der Waals surface area contributed by atoms with Crippen molar-refractivity contribution in [2.45, 2.75) is 13.8 Å². The number of hydrogen-bond donors (Lipinski definition) is 1. The lowest BCUT2D eigenvalue weighted by Gasteiger charge is -2.10. The highest BCUT2D eigenvalue weighted by Crippen LogP contribution is 2.26. The Bertz CT molecular complexity index is 803. The number of hydrogen-bond acceptors (Lipinski definition) is 2. The van der Waals surface area contributed by atoms with Gasteiger partial charge in [-0.15, -0.1) is 0 Å². The third-order valence-corrected chi connectivity index (χ3v) is 3.81. The third-order valence-electron chi connectivity index (χ3n) is 3.81. The first-order valence-electron chi connectivity index (χ1n) is 7.17. The molecule has 1 amide bonds. The van der Waals surface area contributed by atoms with Gasteiger partial charge in [-0.2, -0.15) is 0 Å². The van der Waals surface area contributed by atoms with E-state index in [0.29, 0.717) is 5.76 Å². The minimum Gasteiger partial charge on any atom is -0.459 e. The highest BCUT2D eigenvalue weighted by Gasteiger charge is 2.17. The molecule has 1 heterocycles. The smallest absolute Gasteiger partial charge is 0.292 e. The van der Waals surface area contributed by atoms with Crippen molar-refractivity contribution in [1.29, 1.82) is 0 Å². The monoisotopic (exact) mass is 291 g/mol. The molecule has 0 bridgehead atoms. The first-order chi connectivity index (χ1) is 10.7. The Morgan fingerprint density at radius 3 is 2.50 bits per heavy atom. The summed E-state index contributed by atoms with van der Waals surface area (Å²) in [7, 11) is 0. The molecule has 3 heteroatoms. The Balaban J connectivity index is 1.91. The van der Waals surface area contributed by atoms with Crippen molar-refractivity contribution in [2.75, 3.05) is 5.32 Å². The van der Waals surface area contributed by atoms with Gasteiger partial charge in [0.15, 0.2) is 5.76 Å². The summed E-state index contributed by atoms with van der Waals surface area (Å²) in [6.07, 6.45) is 1.54. The maximum absolute atomic E-state index is 12.5. The normalized spacial score (nSPS) is 10.5. The second-order valence-electron chi connectivity index (χ2n) is 5.23. The number of carbonyl (C=O) groups excluding carboxylic acids is 1. The first-order valence-corrected chi connectivity index (χ1v) is 7.17. The molecule has 0 spiro atoms. The van der Waals surface area contributed by atoms with Gasteiger partial charge in [-0.3, -0.25) is 4.79 Å². The van der Waals surface area contributed by atoms with E-state index in [1.165, 1.54) is 0 Å². The fraction of sp³-hybridized carbons (Fsp3) is 0.105. The Hall–Kier alpha value is -2.81. The van der Waals surface area contributed by atoms with E-state index in [0.717, 1.165) is 27.9 Å². The van der Waals surface area contributed by atoms with Crippen LogP contribution in [-0.4, -0.2) is 5.91 Å². The lowest BCUT2D eigenvalue weighted by molar-refractivity contribution is 0.0997. The molecule has 0 fully saturated rings. The summed E-state index contributed by atoms with van der Waals surface area (Å²) in [5.74, 6) is 0.0876. The van der Waals surface area contributed by atoms with Crippen molar-refractivity contribution in [2.24, 2.45) is 0 Å². The third kappa shape index (κ3) is 2.66. The molecule has 3 rings (SSSR count). The quantitative estimate of drug-likeness (QED) is 0.752. The molecule has 3 nitrogen and oxygen atoms in total. The molecule has 0 radical (unpaired) electrons. The molecule has 22 heavy (non-hydrogen) atoms. The van der Waals surface area contributed by atoms with E-state index in [9.17, 15) is 4.79 Å². The van der Waals surface area contributed by atoms with Gasteiger partial charge in [-0.05, 0) is 42.7 Å². The number of furan rings is 1. The second-order valence-corrected chi connectivity index (χ2v) is 5.23. The zero-order valence-corrected chi connectivity index (χ0v) is 12.6. The van der Waals surface area contributed by atoms with Crippen molar-refractivity contribution in [1.82, 2.24) is 0 Å². The first kappa shape index (κ1) is 14.1. The zero-order chi connectivity index (χ0) is 15.5. The zero-order valence-electron chi connectivity index (χ0n) is 12.6. The average Bonchev–Trinajstić information content (AvgIpc) is 3.02. The van der Waals surface area contributed by atoms with Crippen LogP contribution in [0.25, 0.3) is 11.1 Å². The van der Waals surface area contributed by atoms with Crippen LogP contribution in [0.15, 0.2) is 65.3 Å². The van der Waals surface area contributed by atoms with Gasteiger partial charge in [0.05, 0.1) is 6.26 Å². The number of carbonyl (C=O) groups is 1. The van der Waals surface area contributed by atoms with Gasteiger partial charge in [-0.25, -0.2) is 0 Å². The molecule has 2 aromatic carbocycles. The standard InChI is InChI=1S/C19H17NO2/c1-13-7-6-10-17(14(13)2)20-19(21)18-16(11-12-22-18)15-8-4-3-5-9-15/h3-12H,1-2H3,(H,20,21). The highest BCUT2D eigenvalue weighted by atomic mass is 16.3. The van der Waals surface area contributed by atoms with E-state index < -0.39 is 0 Å². The van der Waals surface area contributed by atoms with Gasteiger partial charge < -0.3 is 9.73 Å². The van der Waals surface area contributed by atoms with Crippen LogP contribution in [-0.2, 0) is 0 Å². The number of benzene rings is 2. The Morgan fingerprint density at radius 1 is 0.955 bits per heavy atom. The molecular weight excluding hydrogens is 274 g/mol. The maximum atomic E-state index is 12.5. The van der Waals surface area contributed by atoms with E-state index in [4.69, 9.17) is 4.42 Å². The van der Waals surface area contributed by atoms with E-state index >= 15 is 0 Å². The fourth-order valence-corrected chi connectivity index (χ4v) is 2.40. The molecular formula is C19H17NO2. The van der Waals surface area contributed by atoms with Gasteiger partial charge in [0.25, 0.3) is 5.91 Å². The molecule has 3 aromatic rings. The van der Waals surface area contributed by atoms with Gasteiger partial charge in [0.1, 0.15) is 0 Å². The maximum Gasteiger partial charge on any atom is 0.292 e. The lowest BCUT2D eigenvalue weighted by atomic mass is 10.1. The summed E-state index contributed by atoms with van der Waals surface area (Å²) in [5.41, 5.74) is 4.76. The van der Waals surface area contributed by atoms with Crippen molar-refractivity contribution < 1.29 is 9.21 Å². The summed E-state index contributed by atoms with van der Waals surface area (Å²) in [4.78, 5) is 12.5. The average molecular weight is 291 g/mol. The van der Waals surface area contributed by atoms with Crippen molar-refractivity contribution in [3.63, 3.8) is 0 Å². The highest BCUT2D eigenvalue weighted by molar-refractivity contribution is 6.07. The largest absolute Gasteiger partial charge is 0.459 e. The summed E-state index contributed by atoms with van der Waals surface area (Å²) in [6.45, 7) is 4.01. The summed E-state index contributed by atoms with van der Waals surface area (Å²) in [6, 6.07) is 17.4. The number of rotatable bonds is 3. The Morgan fingerprint density at radius 2 is 1.73 bits per heavy atom. The van der Waals surface area contributed by atoms with Gasteiger partial charge >= 0.3 is 0 Å². The SMILES string of the molecule is Cc1cccc(NC(=O)c2occc2-c2ccccc2)c1C. The molecule has 0 aliphatic carbocycles. The van der Waals surface area contributed by atoms with Gasteiger partial charge in [0.2, 0.25) is 0 Å². The van der Waals surface area contributed by atoms with Crippen molar-refractivity contribution in [3.8, 4) is 11.1 Å². The molecule has 110 valence electrons. The van der Waals surface area contributed by atoms with E-state index in [1.54, 1.807) is 6.26 Å². The van der Waals surface area contributed by atoms with Crippen molar-refractivity contribution >= 4 is 11.6 Å². The number of amides is 1. The molecule has 0 unspecified atom stereocenters. The van der Waals surface area contributed by atoms with Crippen LogP contribution in [0.5, 0.6) is 0 Å². The minimum atomic E-state index is -0.238.